The highest BCUT2D eigenvalue weighted by Crippen LogP contribution is 2.39. The number of rotatable bonds is 5. The lowest BCUT2D eigenvalue weighted by molar-refractivity contribution is -0.143. The monoisotopic (exact) mass is 597 g/mol. The second-order valence-corrected chi connectivity index (χ2v) is 11.2. The van der Waals surface area contributed by atoms with Crippen LogP contribution in [0.5, 0.6) is 0 Å². The molecule has 1 saturated carbocycles. The van der Waals surface area contributed by atoms with Crippen molar-refractivity contribution in [2.24, 2.45) is 5.92 Å². The Morgan fingerprint density at radius 1 is 1.10 bits per heavy atom. The van der Waals surface area contributed by atoms with Crippen molar-refractivity contribution in [2.45, 2.75) is 44.4 Å². The number of hydrogen-bond acceptors (Lipinski definition) is 5. The lowest BCUT2D eigenvalue weighted by Crippen LogP contribution is -2.41. The average Bonchev–Trinajstić information content (AvgIpc) is 3.33. The molecule has 2 aromatic carbocycles. The molecule has 2 aliphatic rings. The molecule has 0 bridgehead atoms. The molecule has 204 valence electrons. The van der Waals surface area contributed by atoms with E-state index < -0.39 is 34.8 Å². The highest BCUT2D eigenvalue weighted by atomic mass is 35.5. The van der Waals surface area contributed by atoms with Gasteiger partial charge in [0.15, 0.2) is 5.15 Å². The summed E-state index contributed by atoms with van der Waals surface area (Å²) in [6.45, 7) is -0.197. The molecule has 1 aromatic heterocycles. The number of nitrogens with zero attached hydrogens (tertiary/aromatic N) is 3. The number of carbonyl (C=O) groups is 3. The van der Waals surface area contributed by atoms with Crippen molar-refractivity contribution < 1.29 is 32.7 Å². The molecule has 7 nitrogen and oxygen atoms in total. The van der Waals surface area contributed by atoms with E-state index in [-0.39, 0.29) is 33.2 Å². The summed E-state index contributed by atoms with van der Waals surface area (Å²) < 4.78 is 42.0. The average molecular weight is 598 g/mol. The van der Waals surface area contributed by atoms with E-state index in [1.54, 1.807) is 24.3 Å². The molecule has 0 radical (unpaired) electrons. The molecule has 1 aliphatic heterocycles. The lowest BCUT2D eigenvalue weighted by atomic mass is 9.85. The minimum Gasteiger partial charge on any atom is -0.481 e. The van der Waals surface area contributed by atoms with Crippen LogP contribution in [0.1, 0.15) is 42.4 Å². The molecule has 5 rings (SSSR count). The fraction of sp³-hybridized carbons (Fsp3) is 0.308. The number of aliphatic carboxylic acids is 1. The van der Waals surface area contributed by atoms with Crippen LogP contribution in [0.4, 0.5) is 18.0 Å². The Balaban J connectivity index is 1.39. The van der Waals surface area contributed by atoms with Crippen molar-refractivity contribution in [1.29, 1.82) is 0 Å². The van der Waals surface area contributed by atoms with Crippen molar-refractivity contribution in [3.63, 3.8) is 0 Å². The van der Waals surface area contributed by atoms with E-state index in [0.717, 1.165) is 17.8 Å². The number of aromatic nitrogens is 2. The summed E-state index contributed by atoms with van der Waals surface area (Å²) in [6.07, 6.45) is -1.36. The standard InChI is InChI=1S/C26H20Cl2F3N3O4S/c27-16-5-2-15(19(11-16)26(29,30)31)12-33-20-8-1-13(9-18(20)22(28)32-33)10-21-23(35)34(25(38)39-21)17-6-3-14(4-7-17)24(36)37/h1-2,5,8-11,14,17H,3-4,6-7,12H2,(H,36,37)/b21-10-. The Morgan fingerprint density at radius 2 is 1.82 bits per heavy atom. The first-order valence-electron chi connectivity index (χ1n) is 11.9. The molecular formula is C26H20Cl2F3N3O4S. The number of carbonyl (C=O) groups excluding carboxylic acids is 2. The number of alkyl halides is 3. The van der Waals surface area contributed by atoms with Gasteiger partial charge in [0.25, 0.3) is 11.1 Å². The number of imide groups is 1. The predicted octanol–water partition coefficient (Wildman–Crippen LogP) is 7.09. The molecule has 2 heterocycles. The van der Waals surface area contributed by atoms with Crippen LogP contribution in [0.2, 0.25) is 10.2 Å². The van der Waals surface area contributed by atoms with Crippen LogP contribution < -0.4 is 0 Å². The third kappa shape index (κ3) is 5.53. The third-order valence-corrected chi connectivity index (χ3v) is 8.36. The molecule has 0 spiro atoms. The van der Waals surface area contributed by atoms with Crippen molar-refractivity contribution in [3.05, 3.63) is 68.2 Å². The second-order valence-electron chi connectivity index (χ2n) is 9.42. The van der Waals surface area contributed by atoms with Gasteiger partial charge < -0.3 is 5.11 Å². The maximum absolute atomic E-state index is 13.6. The number of halogens is 5. The summed E-state index contributed by atoms with van der Waals surface area (Å²) in [5.74, 6) is -1.77. The molecule has 3 aromatic rings. The van der Waals surface area contributed by atoms with Crippen molar-refractivity contribution in [1.82, 2.24) is 14.7 Å². The fourth-order valence-electron chi connectivity index (χ4n) is 5.01. The first-order valence-corrected chi connectivity index (χ1v) is 13.5. The van der Waals surface area contributed by atoms with Gasteiger partial charge in [-0.1, -0.05) is 35.3 Å². The van der Waals surface area contributed by atoms with E-state index in [9.17, 15) is 32.7 Å². The van der Waals surface area contributed by atoms with E-state index in [1.807, 2.05) is 0 Å². The van der Waals surface area contributed by atoms with Crippen LogP contribution in [-0.4, -0.2) is 42.9 Å². The summed E-state index contributed by atoms with van der Waals surface area (Å²) in [5.41, 5.74) is 0.164. The number of carboxylic acids is 1. The number of thioether (sulfide) groups is 1. The lowest BCUT2D eigenvalue weighted by Gasteiger charge is -2.31. The quantitative estimate of drug-likeness (QED) is 0.316. The molecule has 2 fully saturated rings. The van der Waals surface area contributed by atoms with Gasteiger partial charge in [0.05, 0.1) is 28.4 Å². The minimum absolute atomic E-state index is 0.0249. The molecule has 0 atom stereocenters. The third-order valence-electron chi connectivity index (χ3n) is 6.96. The van der Waals surface area contributed by atoms with Crippen molar-refractivity contribution in [2.75, 3.05) is 0 Å². The number of carboxylic acid groups (broad SMARTS) is 1. The van der Waals surface area contributed by atoms with Crippen LogP contribution in [0.15, 0.2) is 41.3 Å². The first-order chi connectivity index (χ1) is 18.4. The second kappa shape index (κ2) is 10.5. The summed E-state index contributed by atoms with van der Waals surface area (Å²) in [7, 11) is 0. The fourth-order valence-corrected chi connectivity index (χ4v) is 6.32. The minimum atomic E-state index is -4.60. The van der Waals surface area contributed by atoms with Gasteiger partial charge in [0.1, 0.15) is 0 Å². The zero-order chi connectivity index (χ0) is 28.1. The number of amides is 2. The number of benzene rings is 2. The van der Waals surface area contributed by atoms with E-state index in [1.165, 1.54) is 21.7 Å². The maximum atomic E-state index is 13.6. The molecule has 1 N–H and O–H groups in total. The van der Waals surface area contributed by atoms with Crippen LogP contribution in [0, 0.1) is 5.92 Å². The SMILES string of the molecule is O=C(O)C1CCC(N2C(=O)S/C(=C\c3ccc4c(c3)c(Cl)nn4Cc3ccc(Cl)cc3C(F)(F)F)C2=O)CC1. The largest absolute Gasteiger partial charge is 0.481 e. The summed E-state index contributed by atoms with van der Waals surface area (Å²) in [4.78, 5) is 38.4. The zero-order valence-corrected chi connectivity index (χ0v) is 22.4. The smallest absolute Gasteiger partial charge is 0.416 e. The van der Waals surface area contributed by atoms with E-state index in [0.29, 0.717) is 42.1 Å². The van der Waals surface area contributed by atoms with Gasteiger partial charge >= 0.3 is 12.1 Å². The Bertz CT molecular complexity index is 1530. The molecule has 1 aliphatic carbocycles. The van der Waals surface area contributed by atoms with E-state index >= 15 is 0 Å². The molecule has 2 amide bonds. The number of hydrogen-bond donors (Lipinski definition) is 1. The van der Waals surface area contributed by atoms with Gasteiger partial charge in [0.2, 0.25) is 0 Å². The Kier molecular flexibility index (Phi) is 7.43. The highest BCUT2D eigenvalue weighted by molar-refractivity contribution is 8.18. The van der Waals surface area contributed by atoms with Crippen molar-refractivity contribution >= 4 is 69.1 Å². The summed E-state index contributed by atoms with van der Waals surface area (Å²) in [6, 6.07) is 8.15. The van der Waals surface area contributed by atoms with Crippen LogP contribution in [-0.2, 0) is 22.3 Å². The number of fused-ring (bicyclic) bond motifs is 1. The topological polar surface area (TPSA) is 92.5 Å². The van der Waals surface area contributed by atoms with Gasteiger partial charge in [-0.3, -0.25) is 24.0 Å². The van der Waals surface area contributed by atoms with Crippen LogP contribution >= 0.6 is 35.0 Å². The summed E-state index contributed by atoms with van der Waals surface area (Å²) >= 11 is 12.9. The highest BCUT2D eigenvalue weighted by Gasteiger charge is 2.41. The van der Waals surface area contributed by atoms with Gasteiger partial charge in [0, 0.05) is 16.5 Å². The predicted molar refractivity (Wildman–Crippen MR) is 141 cm³/mol. The normalized spacial score (nSPS) is 21.4. The summed E-state index contributed by atoms with van der Waals surface area (Å²) in [5, 5.41) is 13.5. The van der Waals surface area contributed by atoms with Gasteiger partial charge in [-0.15, -0.1) is 0 Å². The Morgan fingerprint density at radius 3 is 2.49 bits per heavy atom. The van der Waals surface area contributed by atoms with Crippen LogP contribution in [0.3, 0.4) is 0 Å². The zero-order valence-electron chi connectivity index (χ0n) is 20.0. The van der Waals surface area contributed by atoms with Crippen molar-refractivity contribution in [3.8, 4) is 0 Å². The van der Waals surface area contributed by atoms with E-state index in [2.05, 4.69) is 5.10 Å². The first kappa shape index (κ1) is 27.5. The van der Waals surface area contributed by atoms with Gasteiger partial charge in [-0.2, -0.15) is 18.3 Å². The Labute approximate surface area is 234 Å². The Hall–Kier alpha value is -3.02. The van der Waals surface area contributed by atoms with E-state index in [4.69, 9.17) is 23.2 Å². The van der Waals surface area contributed by atoms with Crippen LogP contribution in [0.25, 0.3) is 17.0 Å². The molecule has 0 unspecified atom stereocenters. The molecular weight excluding hydrogens is 578 g/mol. The van der Waals surface area contributed by atoms with Gasteiger partial charge in [-0.05, 0) is 78.9 Å². The molecule has 1 saturated heterocycles. The molecule has 13 heteroatoms. The van der Waals surface area contributed by atoms with Gasteiger partial charge in [-0.25, -0.2) is 0 Å². The maximum Gasteiger partial charge on any atom is 0.416 e. The molecule has 39 heavy (non-hydrogen) atoms.